The van der Waals surface area contributed by atoms with Crippen molar-refractivity contribution in [2.75, 3.05) is 12.4 Å². The minimum Gasteiger partial charge on any atom is -0.495 e. The Bertz CT molecular complexity index is 526. The Hall–Kier alpha value is -1.74. The molecule has 2 aromatic rings. The molecule has 0 radical (unpaired) electrons. The van der Waals surface area contributed by atoms with Gasteiger partial charge in [0.15, 0.2) is 0 Å². The highest BCUT2D eigenvalue weighted by Gasteiger charge is 2.03. The van der Waals surface area contributed by atoms with E-state index in [0.717, 1.165) is 22.7 Å². The number of hydrogen-bond acceptors (Lipinski definition) is 3. The predicted molar refractivity (Wildman–Crippen MR) is 74.3 cm³/mol. The summed E-state index contributed by atoms with van der Waals surface area (Å²) in [5.41, 5.74) is 2.99. The fourth-order valence-electron chi connectivity index (χ4n) is 1.61. The van der Waals surface area contributed by atoms with Gasteiger partial charge in [0.25, 0.3) is 0 Å². The second-order valence-electron chi connectivity index (χ2n) is 4.03. The summed E-state index contributed by atoms with van der Waals surface area (Å²) in [6.07, 6.45) is 1.85. The number of pyridine rings is 1. The van der Waals surface area contributed by atoms with Crippen molar-refractivity contribution in [2.45, 2.75) is 13.5 Å². The van der Waals surface area contributed by atoms with Crippen LogP contribution in [0.3, 0.4) is 0 Å². The van der Waals surface area contributed by atoms with E-state index in [1.54, 1.807) is 13.2 Å². The van der Waals surface area contributed by atoms with E-state index < -0.39 is 0 Å². The van der Waals surface area contributed by atoms with Crippen molar-refractivity contribution in [3.05, 3.63) is 52.8 Å². The third-order valence-corrected chi connectivity index (χ3v) is 2.83. The van der Waals surface area contributed by atoms with Gasteiger partial charge in [0.05, 0.1) is 25.0 Å². The summed E-state index contributed by atoms with van der Waals surface area (Å²) in [6, 6.07) is 9.52. The van der Waals surface area contributed by atoms with Crippen LogP contribution >= 0.6 is 11.6 Å². The molecule has 0 amide bonds. The number of anilines is 1. The van der Waals surface area contributed by atoms with Gasteiger partial charge in [-0.15, -0.1) is 0 Å². The molecule has 2 rings (SSSR count). The standard InChI is InChI=1S/C14H15ClN2O/c1-10-3-5-12(16-8-10)9-17-13-7-11(15)4-6-14(13)18-2/h3-8,17H,9H2,1-2H3. The molecule has 0 unspecified atom stereocenters. The van der Waals surface area contributed by atoms with Gasteiger partial charge < -0.3 is 10.1 Å². The van der Waals surface area contributed by atoms with Crippen molar-refractivity contribution in [1.82, 2.24) is 4.98 Å². The van der Waals surface area contributed by atoms with Crippen molar-refractivity contribution in [3.8, 4) is 5.75 Å². The van der Waals surface area contributed by atoms with Gasteiger partial charge >= 0.3 is 0 Å². The van der Waals surface area contributed by atoms with Gasteiger partial charge in [-0.2, -0.15) is 0 Å². The molecule has 0 aliphatic rings. The lowest BCUT2D eigenvalue weighted by atomic mass is 10.2. The molecular weight excluding hydrogens is 248 g/mol. The molecule has 0 spiro atoms. The summed E-state index contributed by atoms with van der Waals surface area (Å²) in [4.78, 5) is 4.33. The molecule has 1 aromatic carbocycles. The Morgan fingerprint density at radius 2 is 2.11 bits per heavy atom. The fraction of sp³-hybridized carbons (Fsp3) is 0.214. The number of nitrogens with zero attached hydrogens (tertiary/aromatic N) is 1. The second kappa shape index (κ2) is 5.74. The van der Waals surface area contributed by atoms with Crippen molar-refractivity contribution < 1.29 is 4.74 Å². The maximum Gasteiger partial charge on any atom is 0.142 e. The van der Waals surface area contributed by atoms with E-state index >= 15 is 0 Å². The third kappa shape index (κ3) is 3.14. The Balaban J connectivity index is 2.09. The number of ether oxygens (including phenoxy) is 1. The topological polar surface area (TPSA) is 34.1 Å². The maximum absolute atomic E-state index is 5.97. The lowest BCUT2D eigenvalue weighted by molar-refractivity contribution is 0.416. The van der Waals surface area contributed by atoms with Crippen LogP contribution in [0.5, 0.6) is 5.75 Å². The molecule has 4 heteroatoms. The smallest absolute Gasteiger partial charge is 0.142 e. The number of rotatable bonds is 4. The van der Waals surface area contributed by atoms with Crippen molar-refractivity contribution in [2.24, 2.45) is 0 Å². The van der Waals surface area contributed by atoms with Crippen molar-refractivity contribution in [3.63, 3.8) is 0 Å². The molecule has 0 saturated heterocycles. The molecule has 3 nitrogen and oxygen atoms in total. The van der Waals surface area contributed by atoms with Crippen LogP contribution < -0.4 is 10.1 Å². The first-order valence-corrected chi connectivity index (χ1v) is 6.06. The van der Waals surface area contributed by atoms with E-state index in [-0.39, 0.29) is 0 Å². The van der Waals surface area contributed by atoms with Crippen molar-refractivity contribution >= 4 is 17.3 Å². The van der Waals surface area contributed by atoms with E-state index in [1.807, 2.05) is 37.4 Å². The molecule has 0 aliphatic carbocycles. The zero-order valence-corrected chi connectivity index (χ0v) is 11.2. The number of methoxy groups -OCH3 is 1. The Morgan fingerprint density at radius 1 is 1.28 bits per heavy atom. The lowest BCUT2D eigenvalue weighted by Crippen LogP contribution is -2.03. The highest BCUT2D eigenvalue weighted by atomic mass is 35.5. The number of aryl methyl sites for hydroxylation is 1. The first-order chi connectivity index (χ1) is 8.69. The zero-order chi connectivity index (χ0) is 13.0. The number of benzene rings is 1. The number of aromatic nitrogens is 1. The third-order valence-electron chi connectivity index (χ3n) is 2.59. The predicted octanol–water partition coefficient (Wildman–Crippen LogP) is 3.66. The summed E-state index contributed by atoms with van der Waals surface area (Å²) >= 11 is 5.97. The van der Waals surface area contributed by atoms with Crippen LogP contribution in [-0.2, 0) is 6.54 Å². The van der Waals surface area contributed by atoms with Crippen molar-refractivity contribution in [1.29, 1.82) is 0 Å². The zero-order valence-electron chi connectivity index (χ0n) is 10.4. The summed E-state index contributed by atoms with van der Waals surface area (Å²) in [6.45, 7) is 2.65. The van der Waals surface area contributed by atoms with Gasteiger partial charge in [0, 0.05) is 11.2 Å². The molecule has 0 fully saturated rings. The van der Waals surface area contributed by atoms with Gasteiger partial charge in [-0.3, -0.25) is 4.98 Å². The van der Waals surface area contributed by atoms with Gasteiger partial charge in [0.1, 0.15) is 5.75 Å². The van der Waals surface area contributed by atoms with E-state index in [4.69, 9.17) is 16.3 Å². The first-order valence-electron chi connectivity index (χ1n) is 5.68. The molecular formula is C14H15ClN2O. The summed E-state index contributed by atoms with van der Waals surface area (Å²) < 4.78 is 5.27. The van der Waals surface area contributed by atoms with Gasteiger partial charge in [-0.25, -0.2) is 0 Å². The molecule has 94 valence electrons. The number of hydrogen-bond donors (Lipinski definition) is 1. The van der Waals surface area contributed by atoms with E-state index in [2.05, 4.69) is 10.3 Å². The van der Waals surface area contributed by atoms with Crippen LogP contribution in [0.4, 0.5) is 5.69 Å². The monoisotopic (exact) mass is 262 g/mol. The molecule has 0 bridgehead atoms. The average molecular weight is 263 g/mol. The first kappa shape index (κ1) is 12.7. The second-order valence-corrected chi connectivity index (χ2v) is 4.46. The summed E-state index contributed by atoms with van der Waals surface area (Å²) in [7, 11) is 1.64. The average Bonchev–Trinajstić information content (AvgIpc) is 2.38. The Labute approximate surface area is 112 Å². The van der Waals surface area contributed by atoms with Crippen LogP contribution in [0.25, 0.3) is 0 Å². The van der Waals surface area contributed by atoms with Gasteiger partial charge in [-0.1, -0.05) is 17.7 Å². The van der Waals surface area contributed by atoms with Crippen LogP contribution in [0, 0.1) is 6.92 Å². The van der Waals surface area contributed by atoms with Gasteiger partial charge in [0.2, 0.25) is 0 Å². The Morgan fingerprint density at radius 3 is 2.78 bits per heavy atom. The highest BCUT2D eigenvalue weighted by molar-refractivity contribution is 6.30. The van der Waals surface area contributed by atoms with Crippen LogP contribution in [0.15, 0.2) is 36.5 Å². The SMILES string of the molecule is COc1ccc(Cl)cc1NCc1ccc(C)cn1. The van der Waals surface area contributed by atoms with E-state index in [9.17, 15) is 0 Å². The molecule has 1 N–H and O–H groups in total. The molecule has 1 aromatic heterocycles. The molecule has 1 heterocycles. The highest BCUT2D eigenvalue weighted by Crippen LogP contribution is 2.27. The molecule has 0 saturated carbocycles. The fourth-order valence-corrected chi connectivity index (χ4v) is 1.78. The van der Waals surface area contributed by atoms with Crippen LogP contribution in [0.1, 0.15) is 11.3 Å². The Kier molecular flexibility index (Phi) is 4.05. The van der Waals surface area contributed by atoms with Gasteiger partial charge in [-0.05, 0) is 36.8 Å². The number of halogens is 1. The largest absolute Gasteiger partial charge is 0.495 e. The number of nitrogens with one attached hydrogen (secondary N) is 1. The van der Waals surface area contributed by atoms with E-state index in [0.29, 0.717) is 11.6 Å². The minimum absolute atomic E-state index is 0.636. The van der Waals surface area contributed by atoms with E-state index in [1.165, 1.54) is 0 Å². The van der Waals surface area contributed by atoms with Crippen LogP contribution in [-0.4, -0.2) is 12.1 Å². The summed E-state index contributed by atoms with van der Waals surface area (Å²) in [5.74, 6) is 0.770. The quantitative estimate of drug-likeness (QED) is 0.913. The van der Waals surface area contributed by atoms with Crippen LogP contribution in [0.2, 0.25) is 5.02 Å². The normalized spacial score (nSPS) is 10.2. The summed E-state index contributed by atoms with van der Waals surface area (Å²) in [5, 5.41) is 3.94. The molecule has 18 heavy (non-hydrogen) atoms. The maximum atomic E-state index is 5.97. The minimum atomic E-state index is 0.636. The molecule has 0 aliphatic heterocycles. The lowest BCUT2D eigenvalue weighted by Gasteiger charge is -2.11. The molecule has 0 atom stereocenters.